The maximum Gasteiger partial charge on any atom is 0.336 e. The molecular formula is C34H35NO6. The topological polar surface area (TPSA) is 83.1 Å². The van der Waals surface area contributed by atoms with Gasteiger partial charge in [-0.1, -0.05) is 54.6 Å². The minimum atomic E-state index is -0.662. The monoisotopic (exact) mass is 553 g/mol. The molecule has 212 valence electrons. The minimum Gasteiger partial charge on any atom is -0.497 e. The first-order valence-electron chi connectivity index (χ1n) is 13.7. The molecule has 0 saturated carbocycles. The summed E-state index contributed by atoms with van der Waals surface area (Å²) in [6, 6.07) is 23.2. The Balaban J connectivity index is 1.52. The van der Waals surface area contributed by atoms with Gasteiger partial charge >= 0.3 is 5.97 Å². The number of carbonyl (C=O) groups is 2. The number of Topliss-reactive ketones (excluding diaryl/α,β-unsaturated/α-hetero) is 1. The fourth-order valence-corrected chi connectivity index (χ4v) is 5.86. The molecule has 1 aliphatic heterocycles. The summed E-state index contributed by atoms with van der Waals surface area (Å²) in [6.45, 7) is 2.08. The molecular weight excluding hydrogens is 518 g/mol. The Morgan fingerprint density at radius 2 is 1.63 bits per heavy atom. The van der Waals surface area contributed by atoms with Gasteiger partial charge in [-0.2, -0.15) is 0 Å². The molecule has 2 aliphatic rings. The first-order chi connectivity index (χ1) is 19.9. The van der Waals surface area contributed by atoms with Crippen LogP contribution in [0.4, 0.5) is 0 Å². The summed E-state index contributed by atoms with van der Waals surface area (Å²) < 4.78 is 22.5. The Kier molecular flexibility index (Phi) is 8.43. The molecule has 1 aliphatic carbocycles. The van der Waals surface area contributed by atoms with E-state index in [0.29, 0.717) is 53.2 Å². The number of ether oxygens (including phenoxy) is 4. The van der Waals surface area contributed by atoms with Crippen LogP contribution < -0.4 is 19.5 Å². The van der Waals surface area contributed by atoms with Crippen molar-refractivity contribution in [2.24, 2.45) is 0 Å². The molecule has 7 nitrogen and oxygen atoms in total. The normalized spacial score (nSPS) is 18.4. The minimum absolute atomic E-state index is 0.000292. The quantitative estimate of drug-likeness (QED) is 0.332. The van der Waals surface area contributed by atoms with E-state index in [2.05, 4.69) is 5.32 Å². The summed E-state index contributed by atoms with van der Waals surface area (Å²) >= 11 is 0. The Morgan fingerprint density at radius 1 is 0.878 bits per heavy atom. The van der Waals surface area contributed by atoms with E-state index in [9.17, 15) is 9.59 Å². The lowest BCUT2D eigenvalue weighted by Gasteiger charge is -2.37. The van der Waals surface area contributed by atoms with Crippen LogP contribution in [0.5, 0.6) is 17.2 Å². The number of rotatable bonds is 9. The molecule has 0 bridgehead atoms. The van der Waals surface area contributed by atoms with E-state index in [1.165, 1.54) is 0 Å². The summed E-state index contributed by atoms with van der Waals surface area (Å²) in [5.41, 5.74) is 5.28. The van der Waals surface area contributed by atoms with Crippen LogP contribution >= 0.6 is 0 Å². The van der Waals surface area contributed by atoms with Gasteiger partial charge in [0.05, 0.1) is 39.4 Å². The van der Waals surface area contributed by atoms with Gasteiger partial charge in [0, 0.05) is 35.4 Å². The van der Waals surface area contributed by atoms with Crippen LogP contribution in [-0.2, 0) is 20.7 Å². The number of ketones is 1. The van der Waals surface area contributed by atoms with Crippen LogP contribution in [0.15, 0.2) is 95.3 Å². The molecule has 1 N–H and O–H groups in total. The molecule has 5 rings (SSSR count). The second-order valence-corrected chi connectivity index (χ2v) is 10.2. The lowest BCUT2D eigenvalue weighted by atomic mass is 9.71. The summed E-state index contributed by atoms with van der Waals surface area (Å²) in [5.74, 6) is 0.644. The highest BCUT2D eigenvalue weighted by molar-refractivity contribution is 6.04. The molecule has 0 amide bonds. The zero-order valence-electron chi connectivity index (χ0n) is 23.9. The number of allylic oxidation sites excluding steroid dienone is 3. The molecule has 0 unspecified atom stereocenters. The predicted octanol–water partition coefficient (Wildman–Crippen LogP) is 5.86. The van der Waals surface area contributed by atoms with E-state index in [-0.39, 0.29) is 18.3 Å². The zero-order chi connectivity index (χ0) is 28.9. The number of hydrogen-bond acceptors (Lipinski definition) is 7. The number of esters is 1. The number of benzene rings is 3. The smallest absolute Gasteiger partial charge is 0.336 e. The highest BCUT2D eigenvalue weighted by atomic mass is 16.5. The van der Waals surface area contributed by atoms with Crippen LogP contribution in [0.2, 0.25) is 0 Å². The maximum absolute atomic E-state index is 14.0. The maximum atomic E-state index is 14.0. The average Bonchev–Trinajstić information content (AvgIpc) is 3.00. The van der Waals surface area contributed by atoms with Crippen LogP contribution in [-0.4, -0.2) is 39.7 Å². The van der Waals surface area contributed by atoms with Crippen LogP contribution in [0.1, 0.15) is 48.3 Å². The van der Waals surface area contributed by atoms with Gasteiger partial charge in [-0.25, -0.2) is 4.79 Å². The van der Waals surface area contributed by atoms with E-state index >= 15 is 0 Å². The first kappa shape index (κ1) is 28.0. The summed E-state index contributed by atoms with van der Waals surface area (Å²) in [5, 5.41) is 3.42. The van der Waals surface area contributed by atoms with Crippen molar-refractivity contribution in [3.05, 3.63) is 112 Å². The van der Waals surface area contributed by atoms with E-state index < -0.39 is 11.9 Å². The van der Waals surface area contributed by atoms with Gasteiger partial charge in [0.2, 0.25) is 0 Å². The number of hydrogen-bond donors (Lipinski definition) is 1. The summed E-state index contributed by atoms with van der Waals surface area (Å²) in [6.07, 6.45) is 1.55. The van der Waals surface area contributed by atoms with Crippen molar-refractivity contribution < 1.29 is 28.5 Å². The molecule has 0 aromatic heterocycles. The zero-order valence-corrected chi connectivity index (χ0v) is 23.9. The molecule has 41 heavy (non-hydrogen) atoms. The second-order valence-electron chi connectivity index (χ2n) is 10.2. The van der Waals surface area contributed by atoms with Crippen molar-refractivity contribution in [3.63, 3.8) is 0 Å². The molecule has 2 atom stereocenters. The molecule has 0 saturated heterocycles. The Labute approximate surface area is 240 Å². The van der Waals surface area contributed by atoms with Crippen molar-refractivity contribution >= 4 is 11.8 Å². The lowest BCUT2D eigenvalue weighted by molar-refractivity contribution is -0.139. The van der Waals surface area contributed by atoms with E-state index in [0.717, 1.165) is 22.6 Å². The number of nitrogens with one attached hydrogen (secondary N) is 1. The SMILES string of the molecule is COc1ccc([C@H]2CC(=O)C3=C(C2)NC(C)=C(C(=O)OCCc2ccccc2)[C@@H]3c2cccc(OC)c2OC)cc1. The molecule has 3 aromatic carbocycles. The number of carbonyl (C=O) groups excluding carboxylic acids is 2. The highest BCUT2D eigenvalue weighted by Gasteiger charge is 2.42. The Bertz CT molecular complexity index is 1490. The van der Waals surface area contributed by atoms with Crippen molar-refractivity contribution in [3.8, 4) is 17.2 Å². The fourth-order valence-electron chi connectivity index (χ4n) is 5.86. The van der Waals surface area contributed by atoms with Crippen molar-refractivity contribution in [2.75, 3.05) is 27.9 Å². The second kappa shape index (κ2) is 12.3. The van der Waals surface area contributed by atoms with Gasteiger partial charge in [-0.15, -0.1) is 0 Å². The molecule has 0 fully saturated rings. The van der Waals surface area contributed by atoms with Crippen LogP contribution in [0.3, 0.4) is 0 Å². The highest BCUT2D eigenvalue weighted by Crippen LogP contribution is 2.49. The van der Waals surface area contributed by atoms with Gasteiger partial charge < -0.3 is 24.3 Å². The molecule has 0 radical (unpaired) electrons. The van der Waals surface area contributed by atoms with Gasteiger partial charge in [-0.05, 0) is 48.6 Å². The van der Waals surface area contributed by atoms with Crippen LogP contribution in [0.25, 0.3) is 0 Å². The summed E-state index contributed by atoms with van der Waals surface area (Å²) in [7, 11) is 4.77. The van der Waals surface area contributed by atoms with Gasteiger partial charge in [0.25, 0.3) is 0 Å². The largest absolute Gasteiger partial charge is 0.497 e. The van der Waals surface area contributed by atoms with Gasteiger partial charge in [-0.3, -0.25) is 4.79 Å². The fraction of sp³-hybridized carbons (Fsp3) is 0.294. The van der Waals surface area contributed by atoms with Gasteiger partial charge in [0.1, 0.15) is 5.75 Å². The van der Waals surface area contributed by atoms with E-state index in [1.807, 2.05) is 73.7 Å². The third kappa shape index (κ3) is 5.71. The van der Waals surface area contributed by atoms with Gasteiger partial charge in [0.15, 0.2) is 17.3 Å². The number of para-hydroxylation sites is 1. The van der Waals surface area contributed by atoms with Crippen molar-refractivity contribution in [1.82, 2.24) is 5.32 Å². The first-order valence-corrected chi connectivity index (χ1v) is 13.7. The van der Waals surface area contributed by atoms with Crippen molar-refractivity contribution in [2.45, 2.75) is 38.0 Å². The Hall–Kier alpha value is -4.52. The third-order valence-corrected chi connectivity index (χ3v) is 7.85. The molecule has 3 aromatic rings. The average molecular weight is 554 g/mol. The van der Waals surface area contributed by atoms with Crippen LogP contribution in [0, 0.1) is 0 Å². The Morgan fingerprint density at radius 3 is 2.32 bits per heavy atom. The molecule has 0 spiro atoms. The number of dihydropyridines is 1. The third-order valence-electron chi connectivity index (χ3n) is 7.85. The predicted molar refractivity (Wildman–Crippen MR) is 156 cm³/mol. The van der Waals surface area contributed by atoms with E-state index in [4.69, 9.17) is 18.9 Å². The number of methoxy groups -OCH3 is 3. The molecule has 1 heterocycles. The standard InChI is InChI=1S/C34H35NO6/c1-21-30(34(37)41-18-17-22-9-6-5-7-10-22)31(26-11-8-12-29(39-3)33(26)40-4)32-27(35-21)19-24(20-28(32)36)23-13-15-25(38-2)16-14-23/h5-16,24,31,35H,17-20H2,1-4H3/t24-,31+/m1/s1. The molecule has 7 heteroatoms. The lowest BCUT2D eigenvalue weighted by Crippen LogP contribution is -2.36. The van der Waals surface area contributed by atoms with E-state index in [1.54, 1.807) is 27.4 Å². The summed E-state index contributed by atoms with van der Waals surface area (Å²) in [4.78, 5) is 27.7. The van der Waals surface area contributed by atoms with Crippen molar-refractivity contribution in [1.29, 1.82) is 0 Å².